The van der Waals surface area contributed by atoms with E-state index < -0.39 is 0 Å². The van der Waals surface area contributed by atoms with Crippen LogP contribution in [0.5, 0.6) is 0 Å². The second-order valence-electron chi connectivity index (χ2n) is 16.7. The fourth-order valence-corrected chi connectivity index (χ4v) is 9.99. The molecule has 0 N–H and O–H groups in total. The first-order chi connectivity index (χ1) is 32.2. The lowest BCUT2D eigenvalue weighted by atomic mass is 9.93. The lowest BCUT2D eigenvalue weighted by molar-refractivity contribution is 0.669. The lowest BCUT2D eigenvalue weighted by Gasteiger charge is -2.18. The number of benzene rings is 10. The van der Waals surface area contributed by atoms with E-state index in [1.54, 1.807) is 0 Å². The van der Waals surface area contributed by atoms with E-state index in [1.165, 1.54) is 21.5 Å². The third kappa shape index (κ3) is 5.51. The Balaban J connectivity index is 1.08. The van der Waals surface area contributed by atoms with Crippen LogP contribution in [0.1, 0.15) is 0 Å². The molecular formula is C59H34N4O2. The van der Waals surface area contributed by atoms with E-state index in [2.05, 4.69) is 150 Å². The Kier molecular flexibility index (Phi) is 7.59. The van der Waals surface area contributed by atoms with Crippen LogP contribution in [0.25, 0.3) is 138 Å². The number of hydrogen-bond acceptors (Lipinski definition) is 5. The third-order valence-electron chi connectivity index (χ3n) is 13.0. The highest BCUT2D eigenvalue weighted by atomic mass is 16.3. The van der Waals surface area contributed by atoms with Gasteiger partial charge in [0.1, 0.15) is 22.3 Å². The minimum atomic E-state index is 0.560. The summed E-state index contributed by atoms with van der Waals surface area (Å²) in [5, 5.41) is 11.2. The van der Waals surface area contributed by atoms with Crippen LogP contribution >= 0.6 is 0 Å². The molecule has 6 heteroatoms. The van der Waals surface area contributed by atoms with Crippen molar-refractivity contribution in [1.82, 2.24) is 19.5 Å². The molecule has 65 heavy (non-hydrogen) atoms. The van der Waals surface area contributed by atoms with Crippen molar-refractivity contribution in [2.24, 2.45) is 0 Å². The molecule has 4 aromatic heterocycles. The molecule has 14 aromatic rings. The number of rotatable bonds is 5. The van der Waals surface area contributed by atoms with Gasteiger partial charge in [0.15, 0.2) is 17.5 Å². The molecule has 0 spiro atoms. The standard InChI is InChI=1S/C59H34N4O2/c1-2-14-35(15-3-1)57-60-58(62-59(61-57)40-26-28-44-43-21-9-12-24-52(43)64-54(44)34-40)39-27-29-50(63-49-23-11-8-20-42(49)46-30-36-16-4-5-17-37(36)33-51(46)63)47(32-39)48-31-38-18-6-7-19-41(38)56-55(48)45-22-10-13-25-53(45)65-56/h1-34H. The number of furan rings is 2. The Bertz CT molecular complexity index is 4250. The highest BCUT2D eigenvalue weighted by molar-refractivity contribution is 6.22. The van der Waals surface area contributed by atoms with Gasteiger partial charge in [0.05, 0.1) is 16.7 Å². The van der Waals surface area contributed by atoms with Crippen LogP contribution in [0.2, 0.25) is 0 Å². The SMILES string of the molecule is c1ccc(-c2nc(-c3ccc(-n4c5ccccc5c5cc6ccccc6cc54)c(-c4cc5ccccc5c5oc6ccccc6c45)c3)nc(-c3ccc4c(c3)oc3ccccc34)n2)cc1. The molecule has 0 atom stereocenters. The minimum Gasteiger partial charge on any atom is -0.456 e. The first-order valence-electron chi connectivity index (χ1n) is 21.8. The van der Waals surface area contributed by atoms with Crippen LogP contribution < -0.4 is 0 Å². The van der Waals surface area contributed by atoms with Crippen molar-refractivity contribution in [3.8, 4) is 51.0 Å². The monoisotopic (exact) mass is 830 g/mol. The molecule has 0 aliphatic carbocycles. The van der Waals surface area contributed by atoms with E-state index in [4.69, 9.17) is 23.8 Å². The van der Waals surface area contributed by atoms with Crippen molar-refractivity contribution in [2.45, 2.75) is 0 Å². The number of para-hydroxylation sites is 3. The predicted octanol–water partition coefficient (Wildman–Crippen LogP) is 15.7. The smallest absolute Gasteiger partial charge is 0.164 e. The first-order valence-corrected chi connectivity index (χ1v) is 21.8. The van der Waals surface area contributed by atoms with E-state index in [1.807, 2.05) is 60.7 Å². The number of nitrogens with zero attached hydrogens (tertiary/aromatic N) is 4. The Labute approximate surface area is 371 Å². The van der Waals surface area contributed by atoms with Crippen molar-refractivity contribution in [3.05, 3.63) is 206 Å². The number of aromatic nitrogens is 4. The van der Waals surface area contributed by atoms with Gasteiger partial charge < -0.3 is 13.4 Å². The second kappa shape index (κ2) is 13.8. The highest BCUT2D eigenvalue weighted by Crippen LogP contribution is 2.46. The summed E-state index contributed by atoms with van der Waals surface area (Å²) in [5.74, 6) is 1.71. The number of fused-ring (bicyclic) bond motifs is 12. The van der Waals surface area contributed by atoms with E-state index in [0.29, 0.717) is 17.5 Å². The Morgan fingerprint density at radius 2 is 0.908 bits per heavy atom. The van der Waals surface area contributed by atoms with Gasteiger partial charge in [-0.3, -0.25) is 0 Å². The quantitative estimate of drug-likeness (QED) is 0.173. The summed E-state index contributed by atoms with van der Waals surface area (Å²) in [7, 11) is 0. The maximum Gasteiger partial charge on any atom is 0.164 e. The normalized spacial score (nSPS) is 12.0. The van der Waals surface area contributed by atoms with Gasteiger partial charge in [-0.05, 0) is 88.5 Å². The van der Waals surface area contributed by atoms with Crippen LogP contribution in [0.15, 0.2) is 215 Å². The van der Waals surface area contributed by atoms with Gasteiger partial charge in [-0.15, -0.1) is 0 Å². The van der Waals surface area contributed by atoms with Crippen molar-refractivity contribution < 1.29 is 8.83 Å². The van der Waals surface area contributed by atoms with Gasteiger partial charge in [0.25, 0.3) is 0 Å². The minimum absolute atomic E-state index is 0.560. The summed E-state index contributed by atoms with van der Waals surface area (Å²) in [6, 6.07) is 72.3. The summed E-state index contributed by atoms with van der Waals surface area (Å²) in [6.07, 6.45) is 0. The van der Waals surface area contributed by atoms with Crippen LogP contribution in [0.3, 0.4) is 0 Å². The zero-order valence-electron chi connectivity index (χ0n) is 34.7. The maximum atomic E-state index is 6.79. The molecule has 10 aromatic carbocycles. The highest BCUT2D eigenvalue weighted by Gasteiger charge is 2.23. The summed E-state index contributed by atoms with van der Waals surface area (Å²) < 4.78 is 15.6. The molecule has 14 rings (SSSR count). The predicted molar refractivity (Wildman–Crippen MR) is 265 cm³/mol. The van der Waals surface area contributed by atoms with Gasteiger partial charge in [-0.25, -0.2) is 15.0 Å². The molecule has 0 bridgehead atoms. The summed E-state index contributed by atoms with van der Waals surface area (Å²) in [5.41, 5.74) is 11.3. The van der Waals surface area contributed by atoms with Gasteiger partial charge in [0, 0.05) is 60.0 Å². The fourth-order valence-electron chi connectivity index (χ4n) is 9.99. The van der Waals surface area contributed by atoms with Crippen LogP contribution in [0, 0.1) is 0 Å². The third-order valence-corrected chi connectivity index (χ3v) is 13.0. The molecule has 0 saturated carbocycles. The van der Waals surface area contributed by atoms with Crippen LogP contribution in [0.4, 0.5) is 0 Å². The van der Waals surface area contributed by atoms with E-state index in [-0.39, 0.29) is 0 Å². The second-order valence-corrected chi connectivity index (χ2v) is 16.7. The molecular weight excluding hydrogens is 797 g/mol. The molecule has 0 fully saturated rings. The van der Waals surface area contributed by atoms with Crippen molar-refractivity contribution in [2.75, 3.05) is 0 Å². The fraction of sp³-hybridized carbons (Fsp3) is 0. The summed E-state index contributed by atoms with van der Waals surface area (Å²) in [6.45, 7) is 0. The van der Waals surface area contributed by atoms with Gasteiger partial charge in [-0.2, -0.15) is 0 Å². The molecule has 4 heterocycles. The maximum absolute atomic E-state index is 6.79. The molecule has 0 aliphatic heterocycles. The number of hydrogen-bond donors (Lipinski definition) is 0. The van der Waals surface area contributed by atoms with Crippen molar-refractivity contribution >= 4 is 87.2 Å². The zero-order valence-corrected chi connectivity index (χ0v) is 34.7. The van der Waals surface area contributed by atoms with Crippen LogP contribution in [-0.2, 0) is 0 Å². The molecule has 0 amide bonds. The lowest BCUT2D eigenvalue weighted by Crippen LogP contribution is -2.02. The molecule has 0 saturated heterocycles. The van der Waals surface area contributed by atoms with Crippen LogP contribution in [-0.4, -0.2) is 19.5 Å². The average molecular weight is 831 g/mol. The van der Waals surface area contributed by atoms with Crippen molar-refractivity contribution in [1.29, 1.82) is 0 Å². The Morgan fingerprint density at radius 1 is 0.323 bits per heavy atom. The molecule has 0 unspecified atom stereocenters. The topological polar surface area (TPSA) is 69.9 Å². The van der Waals surface area contributed by atoms with E-state index in [0.717, 1.165) is 99.2 Å². The summed E-state index contributed by atoms with van der Waals surface area (Å²) >= 11 is 0. The molecule has 0 radical (unpaired) electrons. The largest absolute Gasteiger partial charge is 0.456 e. The summed E-state index contributed by atoms with van der Waals surface area (Å²) in [4.78, 5) is 15.6. The Morgan fingerprint density at radius 3 is 1.71 bits per heavy atom. The first kappa shape index (κ1) is 35.7. The van der Waals surface area contributed by atoms with Crippen molar-refractivity contribution in [3.63, 3.8) is 0 Å². The zero-order chi connectivity index (χ0) is 42.6. The van der Waals surface area contributed by atoms with Gasteiger partial charge >= 0.3 is 0 Å². The van der Waals surface area contributed by atoms with E-state index >= 15 is 0 Å². The molecule has 6 nitrogen and oxygen atoms in total. The van der Waals surface area contributed by atoms with E-state index in [9.17, 15) is 0 Å². The molecule has 0 aliphatic rings. The van der Waals surface area contributed by atoms with Gasteiger partial charge in [-0.1, -0.05) is 140 Å². The van der Waals surface area contributed by atoms with Gasteiger partial charge in [0.2, 0.25) is 0 Å². The molecule has 302 valence electrons. The Hall–Kier alpha value is -8.87. The average Bonchev–Trinajstić information content (AvgIpc) is 4.05.